The molecule has 2 nitrogen and oxygen atoms in total. The van der Waals surface area contributed by atoms with Crippen LogP contribution in [0.15, 0.2) is 48.5 Å². The molecule has 0 heterocycles. The number of likely N-dealkylation sites (N-methyl/N-ethyl adjacent to an activating group) is 1. The third kappa shape index (κ3) is 3.61. The first-order valence-electron chi connectivity index (χ1n) is 6.70. The molecule has 0 fully saturated rings. The molecule has 2 aromatic carbocycles. The van der Waals surface area contributed by atoms with E-state index in [2.05, 4.69) is 0 Å². The van der Waals surface area contributed by atoms with Gasteiger partial charge in [0.15, 0.2) is 5.78 Å². The summed E-state index contributed by atoms with van der Waals surface area (Å²) in [6.45, 7) is 5.17. The first-order chi connectivity index (χ1) is 9.60. The van der Waals surface area contributed by atoms with E-state index in [1.54, 1.807) is 0 Å². The lowest BCUT2D eigenvalue weighted by Crippen LogP contribution is -2.29. The molecule has 0 spiro atoms. The number of carbonyl (C=O) groups excluding carboxylic acids is 1. The van der Waals surface area contributed by atoms with Crippen LogP contribution in [0.4, 0.5) is 5.69 Å². The molecule has 104 valence electrons. The van der Waals surface area contributed by atoms with Crippen molar-refractivity contribution >= 4 is 23.1 Å². The molecule has 0 aromatic heterocycles. The van der Waals surface area contributed by atoms with Crippen molar-refractivity contribution in [2.45, 2.75) is 13.8 Å². The fourth-order valence-electron chi connectivity index (χ4n) is 2.06. The Morgan fingerprint density at radius 1 is 1.15 bits per heavy atom. The SMILES string of the molecule is CCN(CC(=O)c1ccc(C)cc1)c1cccc(Cl)c1. The van der Waals surface area contributed by atoms with E-state index >= 15 is 0 Å². The van der Waals surface area contributed by atoms with Gasteiger partial charge in [-0.3, -0.25) is 4.79 Å². The normalized spacial score (nSPS) is 10.3. The lowest BCUT2D eigenvalue weighted by Gasteiger charge is -2.22. The molecule has 0 N–H and O–H groups in total. The standard InChI is InChI=1S/C17H18ClNO/c1-3-19(16-6-4-5-15(18)11-16)12-17(20)14-9-7-13(2)8-10-14/h4-11H,3,12H2,1-2H3. The van der Waals surface area contributed by atoms with Gasteiger partial charge in [0.25, 0.3) is 0 Å². The first kappa shape index (κ1) is 14.6. The molecule has 3 heteroatoms. The van der Waals surface area contributed by atoms with Crippen LogP contribution in [-0.4, -0.2) is 18.9 Å². The number of Topliss-reactive ketones (excluding diaryl/α,β-unsaturated/α-hetero) is 1. The number of aryl methyl sites for hydroxylation is 1. The lowest BCUT2D eigenvalue weighted by atomic mass is 10.1. The topological polar surface area (TPSA) is 20.3 Å². The summed E-state index contributed by atoms with van der Waals surface area (Å²) >= 11 is 6.01. The van der Waals surface area contributed by atoms with Crippen LogP contribution in [0, 0.1) is 6.92 Å². The van der Waals surface area contributed by atoms with Gasteiger partial charge in [-0.1, -0.05) is 47.5 Å². The number of hydrogen-bond donors (Lipinski definition) is 0. The zero-order valence-electron chi connectivity index (χ0n) is 11.8. The molecule has 20 heavy (non-hydrogen) atoms. The highest BCUT2D eigenvalue weighted by molar-refractivity contribution is 6.30. The van der Waals surface area contributed by atoms with Crippen LogP contribution in [-0.2, 0) is 0 Å². The summed E-state index contributed by atoms with van der Waals surface area (Å²) in [6, 6.07) is 15.3. The zero-order valence-corrected chi connectivity index (χ0v) is 12.5. The molecule has 2 aromatic rings. The third-order valence-electron chi connectivity index (χ3n) is 3.26. The van der Waals surface area contributed by atoms with E-state index in [0.717, 1.165) is 23.4 Å². The predicted molar refractivity (Wildman–Crippen MR) is 84.8 cm³/mol. The van der Waals surface area contributed by atoms with Crippen LogP contribution in [0.5, 0.6) is 0 Å². The molecule has 0 saturated heterocycles. The minimum atomic E-state index is 0.117. The van der Waals surface area contributed by atoms with Gasteiger partial charge in [-0.15, -0.1) is 0 Å². The zero-order chi connectivity index (χ0) is 14.5. The first-order valence-corrected chi connectivity index (χ1v) is 7.08. The van der Waals surface area contributed by atoms with Crippen molar-refractivity contribution in [3.8, 4) is 0 Å². The van der Waals surface area contributed by atoms with Gasteiger partial charge in [0.2, 0.25) is 0 Å². The summed E-state index contributed by atoms with van der Waals surface area (Å²) in [5.41, 5.74) is 2.88. The van der Waals surface area contributed by atoms with Gasteiger partial charge in [0.05, 0.1) is 6.54 Å². The molecule has 0 radical (unpaired) electrons. The monoisotopic (exact) mass is 287 g/mol. The van der Waals surface area contributed by atoms with Crippen LogP contribution < -0.4 is 4.90 Å². The Balaban J connectivity index is 2.14. The number of rotatable bonds is 5. The van der Waals surface area contributed by atoms with Gasteiger partial charge in [-0.2, -0.15) is 0 Å². The van der Waals surface area contributed by atoms with E-state index in [9.17, 15) is 4.79 Å². The maximum Gasteiger partial charge on any atom is 0.182 e. The van der Waals surface area contributed by atoms with E-state index in [1.807, 2.05) is 67.3 Å². The maximum atomic E-state index is 12.3. The molecule has 0 aliphatic heterocycles. The van der Waals surface area contributed by atoms with Crippen LogP contribution >= 0.6 is 11.6 Å². The van der Waals surface area contributed by atoms with E-state index in [1.165, 1.54) is 0 Å². The van der Waals surface area contributed by atoms with Gasteiger partial charge in [-0.05, 0) is 32.0 Å². The predicted octanol–water partition coefficient (Wildman–Crippen LogP) is 4.36. The highest BCUT2D eigenvalue weighted by Crippen LogP contribution is 2.19. The summed E-state index contributed by atoms with van der Waals surface area (Å²) in [5.74, 6) is 0.117. The summed E-state index contributed by atoms with van der Waals surface area (Å²) in [4.78, 5) is 14.3. The fourth-order valence-corrected chi connectivity index (χ4v) is 2.25. The lowest BCUT2D eigenvalue weighted by molar-refractivity contribution is 0.0999. The Morgan fingerprint density at radius 3 is 2.45 bits per heavy atom. The molecule has 0 bridgehead atoms. The quantitative estimate of drug-likeness (QED) is 0.762. The Labute approximate surface area is 125 Å². The Hall–Kier alpha value is -1.80. The number of halogens is 1. The molecule has 0 aliphatic carbocycles. The highest BCUT2D eigenvalue weighted by atomic mass is 35.5. The Bertz CT molecular complexity index is 592. The van der Waals surface area contributed by atoms with Crippen molar-refractivity contribution in [2.75, 3.05) is 18.0 Å². The Kier molecular flexibility index (Phi) is 4.80. The number of hydrogen-bond acceptors (Lipinski definition) is 2. The summed E-state index contributed by atoms with van der Waals surface area (Å²) in [7, 11) is 0. The summed E-state index contributed by atoms with van der Waals surface area (Å²) in [5, 5.41) is 0.684. The van der Waals surface area contributed by atoms with Crippen molar-refractivity contribution in [3.63, 3.8) is 0 Å². The molecule has 0 atom stereocenters. The average molecular weight is 288 g/mol. The fraction of sp³-hybridized carbons (Fsp3) is 0.235. The van der Waals surface area contributed by atoms with Crippen molar-refractivity contribution in [2.24, 2.45) is 0 Å². The second-order valence-corrected chi connectivity index (χ2v) is 5.22. The van der Waals surface area contributed by atoms with Crippen molar-refractivity contribution in [1.82, 2.24) is 0 Å². The second kappa shape index (κ2) is 6.58. The van der Waals surface area contributed by atoms with Gasteiger partial charge in [0.1, 0.15) is 0 Å². The van der Waals surface area contributed by atoms with E-state index < -0.39 is 0 Å². The maximum absolute atomic E-state index is 12.3. The van der Waals surface area contributed by atoms with Crippen LogP contribution in [0.1, 0.15) is 22.8 Å². The van der Waals surface area contributed by atoms with Gasteiger partial charge >= 0.3 is 0 Å². The third-order valence-corrected chi connectivity index (χ3v) is 3.50. The molecular formula is C17H18ClNO. The van der Waals surface area contributed by atoms with Crippen LogP contribution in [0.25, 0.3) is 0 Å². The number of anilines is 1. The van der Waals surface area contributed by atoms with E-state index in [-0.39, 0.29) is 5.78 Å². The van der Waals surface area contributed by atoms with Gasteiger partial charge < -0.3 is 4.90 Å². The second-order valence-electron chi connectivity index (χ2n) is 4.78. The minimum absolute atomic E-state index is 0.117. The smallest absolute Gasteiger partial charge is 0.182 e. The van der Waals surface area contributed by atoms with Crippen molar-refractivity contribution < 1.29 is 4.79 Å². The van der Waals surface area contributed by atoms with Gasteiger partial charge in [-0.25, -0.2) is 0 Å². The number of ketones is 1. The van der Waals surface area contributed by atoms with Crippen molar-refractivity contribution in [1.29, 1.82) is 0 Å². The number of nitrogens with zero attached hydrogens (tertiary/aromatic N) is 1. The van der Waals surface area contributed by atoms with E-state index in [4.69, 9.17) is 11.6 Å². The molecule has 0 aliphatic rings. The average Bonchev–Trinajstić information content (AvgIpc) is 2.45. The van der Waals surface area contributed by atoms with E-state index in [0.29, 0.717) is 11.6 Å². The molecule has 0 amide bonds. The summed E-state index contributed by atoms with van der Waals surface area (Å²) in [6.07, 6.45) is 0. The molecule has 0 saturated carbocycles. The van der Waals surface area contributed by atoms with Gasteiger partial charge in [0, 0.05) is 22.8 Å². The molecule has 0 unspecified atom stereocenters. The Morgan fingerprint density at radius 2 is 1.85 bits per heavy atom. The summed E-state index contributed by atoms with van der Waals surface area (Å²) < 4.78 is 0. The minimum Gasteiger partial charge on any atom is -0.364 e. The van der Waals surface area contributed by atoms with Crippen LogP contribution in [0.3, 0.4) is 0 Å². The molecular weight excluding hydrogens is 270 g/mol. The van der Waals surface area contributed by atoms with Crippen molar-refractivity contribution in [3.05, 3.63) is 64.7 Å². The largest absolute Gasteiger partial charge is 0.364 e. The number of carbonyl (C=O) groups is 1. The molecule has 2 rings (SSSR count). The highest BCUT2D eigenvalue weighted by Gasteiger charge is 2.12. The van der Waals surface area contributed by atoms with Crippen LogP contribution in [0.2, 0.25) is 5.02 Å². The number of benzene rings is 2.